The van der Waals surface area contributed by atoms with Gasteiger partial charge in [-0.1, -0.05) is 29.8 Å². The maximum absolute atomic E-state index is 13.5. The number of nitrogens with zero attached hydrogens (tertiary/aromatic N) is 2. The van der Waals surface area contributed by atoms with Crippen LogP contribution in [-0.2, 0) is 12.6 Å². The fraction of sp³-hybridized carbons (Fsp3) is 0.211. The van der Waals surface area contributed by atoms with Crippen molar-refractivity contribution >= 4 is 17.4 Å². The molecule has 2 aromatic carbocycles. The van der Waals surface area contributed by atoms with Crippen LogP contribution in [-0.4, -0.2) is 16.3 Å². The van der Waals surface area contributed by atoms with Crippen molar-refractivity contribution in [2.45, 2.75) is 19.5 Å². The summed E-state index contributed by atoms with van der Waals surface area (Å²) in [5, 5.41) is 8.39. The maximum atomic E-state index is 13.5. The summed E-state index contributed by atoms with van der Waals surface area (Å²) in [6.07, 6.45) is -3.81. The molecule has 1 aliphatic rings. The molecule has 0 aliphatic carbocycles. The third kappa shape index (κ3) is 2.74. The number of fused-ring (bicyclic) bond motifs is 1. The van der Waals surface area contributed by atoms with Gasteiger partial charge >= 0.3 is 6.18 Å². The highest BCUT2D eigenvalue weighted by Crippen LogP contribution is 2.41. The average Bonchev–Trinajstić information content (AvgIpc) is 3.17. The zero-order valence-corrected chi connectivity index (χ0v) is 14.6. The predicted molar refractivity (Wildman–Crippen MR) is 95.9 cm³/mol. The van der Waals surface area contributed by atoms with Crippen LogP contribution in [0.15, 0.2) is 42.5 Å². The first-order valence-electron chi connectivity index (χ1n) is 8.15. The third-order valence-corrected chi connectivity index (χ3v) is 4.76. The summed E-state index contributed by atoms with van der Waals surface area (Å²) in [6, 6.07) is 10.9. The minimum atomic E-state index is -4.44. The molecular weight excluding hydrogens is 363 g/mol. The van der Waals surface area contributed by atoms with Gasteiger partial charge in [-0.15, -0.1) is 0 Å². The smallest absolute Gasteiger partial charge is 0.369 e. The van der Waals surface area contributed by atoms with Gasteiger partial charge in [-0.2, -0.15) is 18.3 Å². The van der Waals surface area contributed by atoms with Gasteiger partial charge in [-0.05, 0) is 43.2 Å². The number of aromatic nitrogens is 2. The highest BCUT2D eigenvalue weighted by atomic mass is 35.5. The quantitative estimate of drug-likeness (QED) is 0.640. The minimum absolute atomic E-state index is 0.102. The van der Waals surface area contributed by atoms with Crippen molar-refractivity contribution in [2.75, 3.05) is 11.9 Å². The normalized spacial score (nSPS) is 13.6. The van der Waals surface area contributed by atoms with Crippen molar-refractivity contribution in [3.63, 3.8) is 0 Å². The molecule has 0 radical (unpaired) electrons. The van der Waals surface area contributed by atoms with E-state index in [1.54, 1.807) is 16.8 Å². The molecule has 4 rings (SSSR count). The van der Waals surface area contributed by atoms with Gasteiger partial charge in [0.25, 0.3) is 0 Å². The Hall–Kier alpha value is -2.47. The molecule has 7 heteroatoms. The van der Waals surface area contributed by atoms with Crippen LogP contribution in [0.25, 0.3) is 16.9 Å². The molecule has 3 nitrogen and oxygen atoms in total. The molecule has 1 aliphatic heterocycles. The maximum Gasteiger partial charge on any atom is 0.417 e. The molecule has 0 bridgehead atoms. The predicted octanol–water partition coefficient (Wildman–Crippen LogP) is 5.49. The fourth-order valence-corrected chi connectivity index (χ4v) is 3.59. The van der Waals surface area contributed by atoms with Crippen molar-refractivity contribution in [3.05, 3.63) is 64.2 Å². The van der Waals surface area contributed by atoms with E-state index in [1.807, 2.05) is 19.1 Å². The van der Waals surface area contributed by atoms with Crippen molar-refractivity contribution in [1.82, 2.24) is 9.78 Å². The fourth-order valence-electron chi connectivity index (χ4n) is 3.36. The lowest BCUT2D eigenvalue weighted by Crippen LogP contribution is -2.08. The first-order valence-corrected chi connectivity index (χ1v) is 8.53. The molecule has 0 atom stereocenters. The molecular formula is C19H15ClF3N3. The Morgan fingerprint density at radius 2 is 1.92 bits per heavy atom. The standard InChI is InChI=1S/C19H15ClF3N3/c1-11-10-12(20)6-7-16(11)26-18-14(8-9-24-18)17(25-26)13-4-2-3-5-15(13)19(21,22)23/h2-7,10,24H,8-9H2,1H3. The molecule has 134 valence electrons. The summed E-state index contributed by atoms with van der Waals surface area (Å²) in [4.78, 5) is 0. The number of aryl methyl sites for hydroxylation is 1. The van der Waals surface area contributed by atoms with Gasteiger partial charge < -0.3 is 5.32 Å². The first kappa shape index (κ1) is 17.0. The van der Waals surface area contributed by atoms with Crippen LogP contribution in [0, 0.1) is 6.92 Å². The van der Waals surface area contributed by atoms with Crippen LogP contribution in [0.3, 0.4) is 0 Å². The van der Waals surface area contributed by atoms with Crippen LogP contribution in [0.5, 0.6) is 0 Å². The third-order valence-electron chi connectivity index (χ3n) is 4.53. The van der Waals surface area contributed by atoms with Crippen LogP contribution in [0.1, 0.15) is 16.7 Å². The van der Waals surface area contributed by atoms with Crippen LogP contribution in [0.4, 0.5) is 19.0 Å². The van der Waals surface area contributed by atoms with Crippen molar-refractivity contribution in [1.29, 1.82) is 0 Å². The average molecular weight is 378 g/mol. The summed E-state index contributed by atoms with van der Waals surface area (Å²) >= 11 is 6.02. The van der Waals surface area contributed by atoms with Crippen LogP contribution < -0.4 is 5.32 Å². The van der Waals surface area contributed by atoms with Gasteiger partial charge in [-0.25, -0.2) is 4.68 Å². The highest BCUT2D eigenvalue weighted by molar-refractivity contribution is 6.30. The summed E-state index contributed by atoms with van der Waals surface area (Å²) in [5.74, 6) is 0.738. The second-order valence-electron chi connectivity index (χ2n) is 6.24. The van der Waals surface area contributed by atoms with Crippen molar-refractivity contribution in [2.24, 2.45) is 0 Å². The SMILES string of the molecule is Cc1cc(Cl)ccc1-n1nc(-c2ccccc2C(F)(F)F)c2c1NCC2. The molecule has 1 N–H and O–H groups in total. The number of nitrogens with one attached hydrogen (secondary N) is 1. The lowest BCUT2D eigenvalue weighted by Gasteiger charge is -2.12. The Bertz CT molecular complexity index is 992. The number of anilines is 1. The highest BCUT2D eigenvalue weighted by Gasteiger charge is 2.35. The Morgan fingerprint density at radius 1 is 1.15 bits per heavy atom. The number of benzene rings is 2. The molecule has 2 heterocycles. The molecule has 3 aromatic rings. The van der Waals surface area contributed by atoms with Gasteiger partial charge in [0.1, 0.15) is 5.82 Å². The molecule has 0 saturated carbocycles. The topological polar surface area (TPSA) is 29.9 Å². The van der Waals surface area contributed by atoms with E-state index in [0.717, 1.165) is 28.7 Å². The number of alkyl halides is 3. The Kier molecular flexibility index (Phi) is 3.95. The second kappa shape index (κ2) is 6.06. The van der Waals surface area contributed by atoms with Crippen LogP contribution in [0.2, 0.25) is 5.02 Å². The van der Waals surface area contributed by atoms with Gasteiger partial charge in [-0.3, -0.25) is 0 Å². The number of hydrogen-bond acceptors (Lipinski definition) is 2. The van der Waals surface area contributed by atoms with Gasteiger partial charge in [0.05, 0.1) is 16.9 Å². The van der Waals surface area contributed by atoms with Gasteiger partial charge in [0.2, 0.25) is 0 Å². The summed E-state index contributed by atoms with van der Waals surface area (Å²) in [7, 11) is 0. The Labute approximate surface area is 153 Å². The molecule has 0 amide bonds. The van der Waals surface area contributed by atoms with E-state index < -0.39 is 11.7 Å². The molecule has 0 unspecified atom stereocenters. The zero-order chi connectivity index (χ0) is 18.5. The Morgan fingerprint density at radius 3 is 2.65 bits per heavy atom. The van der Waals surface area contributed by atoms with E-state index in [2.05, 4.69) is 10.4 Å². The second-order valence-corrected chi connectivity index (χ2v) is 6.67. The largest absolute Gasteiger partial charge is 0.417 e. The van der Waals surface area contributed by atoms with E-state index in [4.69, 9.17) is 11.6 Å². The van der Waals surface area contributed by atoms with E-state index >= 15 is 0 Å². The molecule has 0 saturated heterocycles. The zero-order valence-electron chi connectivity index (χ0n) is 13.9. The van der Waals surface area contributed by atoms with E-state index in [0.29, 0.717) is 23.7 Å². The van der Waals surface area contributed by atoms with Gasteiger partial charge in [0, 0.05) is 22.7 Å². The van der Waals surface area contributed by atoms with Gasteiger partial charge in [0.15, 0.2) is 0 Å². The molecule has 0 fully saturated rings. The monoisotopic (exact) mass is 377 g/mol. The Balaban J connectivity index is 1.94. The lowest BCUT2D eigenvalue weighted by atomic mass is 10.0. The summed E-state index contributed by atoms with van der Waals surface area (Å²) < 4.78 is 42.1. The molecule has 1 aromatic heterocycles. The number of hydrogen-bond donors (Lipinski definition) is 1. The van der Waals surface area contributed by atoms with Crippen molar-refractivity contribution in [3.8, 4) is 16.9 Å². The van der Waals surface area contributed by atoms with E-state index in [1.165, 1.54) is 12.1 Å². The summed E-state index contributed by atoms with van der Waals surface area (Å²) in [6.45, 7) is 2.56. The first-order chi connectivity index (χ1) is 12.4. The molecule has 0 spiro atoms. The minimum Gasteiger partial charge on any atom is -0.369 e. The van der Waals surface area contributed by atoms with E-state index in [9.17, 15) is 13.2 Å². The van der Waals surface area contributed by atoms with E-state index in [-0.39, 0.29) is 5.56 Å². The number of rotatable bonds is 2. The van der Waals surface area contributed by atoms with Crippen molar-refractivity contribution < 1.29 is 13.2 Å². The number of halogens is 4. The molecule has 26 heavy (non-hydrogen) atoms. The lowest BCUT2D eigenvalue weighted by molar-refractivity contribution is -0.137. The van der Waals surface area contributed by atoms with Crippen LogP contribution >= 0.6 is 11.6 Å². The summed E-state index contributed by atoms with van der Waals surface area (Å²) in [5.41, 5.74) is 2.28.